The maximum absolute atomic E-state index is 12.2. The van der Waals surface area contributed by atoms with E-state index < -0.39 is 0 Å². The summed E-state index contributed by atoms with van der Waals surface area (Å²) in [6.45, 7) is 0. The summed E-state index contributed by atoms with van der Waals surface area (Å²) in [5, 5.41) is 0. The van der Waals surface area contributed by atoms with Crippen molar-refractivity contribution in [2.45, 2.75) is 31.6 Å². The fourth-order valence-electron chi connectivity index (χ4n) is 4.10. The van der Waals surface area contributed by atoms with Gasteiger partial charge in [0.1, 0.15) is 5.75 Å². The number of hydrogen-bond donors (Lipinski definition) is 0. The first-order chi connectivity index (χ1) is 7.82. The number of fused-ring (bicyclic) bond motifs is 2. The normalized spacial score (nSPS) is 39.1. The third-order valence-electron chi connectivity index (χ3n) is 4.89. The van der Waals surface area contributed by atoms with Gasteiger partial charge in [-0.3, -0.25) is 4.79 Å². The standard InChI is InChI=1S/C14H14O2/c15-13-14-7-3-4-9(14)8-11(14)10-5-1-2-6-12(10)16-13/h1-2,5-6,9,11H,3-4,7-8H2/t9-,11+,14+/m1/s1. The van der Waals surface area contributed by atoms with Crippen LogP contribution < -0.4 is 4.74 Å². The average molecular weight is 214 g/mol. The second-order valence-corrected chi connectivity index (χ2v) is 5.35. The van der Waals surface area contributed by atoms with E-state index in [1.165, 1.54) is 24.8 Å². The lowest BCUT2D eigenvalue weighted by atomic mass is 9.51. The Bertz CT molecular complexity index is 479. The van der Waals surface area contributed by atoms with Crippen molar-refractivity contribution in [3.8, 4) is 5.75 Å². The number of benzene rings is 1. The first-order valence-corrected chi connectivity index (χ1v) is 6.13. The van der Waals surface area contributed by atoms with Crippen molar-refractivity contribution in [3.05, 3.63) is 29.8 Å². The Kier molecular flexibility index (Phi) is 1.47. The zero-order valence-corrected chi connectivity index (χ0v) is 9.11. The monoisotopic (exact) mass is 214 g/mol. The zero-order valence-electron chi connectivity index (χ0n) is 9.11. The molecule has 0 unspecified atom stereocenters. The van der Waals surface area contributed by atoms with E-state index in [4.69, 9.17) is 4.74 Å². The van der Waals surface area contributed by atoms with E-state index in [0.717, 1.165) is 12.2 Å². The molecule has 0 saturated heterocycles. The molecule has 2 saturated carbocycles. The molecule has 0 aromatic heterocycles. The van der Waals surface area contributed by atoms with Crippen LogP contribution in [0, 0.1) is 11.3 Å². The Morgan fingerprint density at radius 1 is 1.31 bits per heavy atom. The average Bonchev–Trinajstić information content (AvgIpc) is 2.57. The highest BCUT2D eigenvalue weighted by molar-refractivity contribution is 5.85. The molecule has 0 N–H and O–H groups in total. The highest BCUT2D eigenvalue weighted by Crippen LogP contribution is 2.68. The van der Waals surface area contributed by atoms with Crippen LogP contribution in [0.15, 0.2) is 24.3 Å². The number of ether oxygens (including phenoxy) is 1. The molecule has 2 fully saturated rings. The Hall–Kier alpha value is -1.31. The molecule has 0 radical (unpaired) electrons. The lowest BCUT2D eigenvalue weighted by molar-refractivity contribution is -0.161. The van der Waals surface area contributed by atoms with Gasteiger partial charge in [-0.15, -0.1) is 0 Å². The molecule has 2 aliphatic carbocycles. The molecular weight excluding hydrogens is 200 g/mol. The molecule has 1 spiro atoms. The summed E-state index contributed by atoms with van der Waals surface area (Å²) < 4.78 is 5.53. The van der Waals surface area contributed by atoms with Gasteiger partial charge in [0.15, 0.2) is 0 Å². The molecule has 2 nitrogen and oxygen atoms in total. The molecule has 3 atom stereocenters. The summed E-state index contributed by atoms with van der Waals surface area (Å²) in [5.41, 5.74) is 1.13. The van der Waals surface area contributed by atoms with Crippen molar-refractivity contribution >= 4 is 5.97 Å². The minimum Gasteiger partial charge on any atom is -0.426 e. The predicted octanol–water partition coefficient (Wildman–Crippen LogP) is 2.88. The quantitative estimate of drug-likeness (QED) is 0.490. The predicted molar refractivity (Wildman–Crippen MR) is 59.2 cm³/mol. The lowest BCUT2D eigenvalue weighted by Gasteiger charge is -2.53. The van der Waals surface area contributed by atoms with Gasteiger partial charge in [-0.1, -0.05) is 24.6 Å². The maximum Gasteiger partial charge on any atom is 0.318 e. The summed E-state index contributed by atoms with van der Waals surface area (Å²) in [7, 11) is 0. The van der Waals surface area contributed by atoms with Gasteiger partial charge in [0.05, 0.1) is 5.41 Å². The molecule has 3 aliphatic rings. The van der Waals surface area contributed by atoms with Crippen LogP contribution in [0.25, 0.3) is 0 Å². The van der Waals surface area contributed by atoms with Gasteiger partial charge in [0.2, 0.25) is 0 Å². The van der Waals surface area contributed by atoms with Crippen molar-refractivity contribution in [2.75, 3.05) is 0 Å². The van der Waals surface area contributed by atoms with Crippen LogP contribution in [0.2, 0.25) is 0 Å². The second-order valence-electron chi connectivity index (χ2n) is 5.35. The van der Waals surface area contributed by atoms with Crippen LogP contribution >= 0.6 is 0 Å². The van der Waals surface area contributed by atoms with Crippen molar-refractivity contribution in [2.24, 2.45) is 11.3 Å². The van der Waals surface area contributed by atoms with Crippen LogP contribution in [-0.2, 0) is 4.79 Å². The highest BCUT2D eigenvalue weighted by atomic mass is 16.5. The SMILES string of the molecule is O=C1Oc2ccccc2[C@@H]2C[C@H]3CCC[C@]132. The first-order valence-electron chi connectivity index (χ1n) is 6.13. The Morgan fingerprint density at radius 2 is 2.19 bits per heavy atom. The third kappa shape index (κ3) is 0.796. The summed E-state index contributed by atoms with van der Waals surface area (Å²) in [5.74, 6) is 1.88. The molecule has 0 bridgehead atoms. The molecule has 2 heteroatoms. The van der Waals surface area contributed by atoms with Gasteiger partial charge < -0.3 is 4.74 Å². The smallest absolute Gasteiger partial charge is 0.318 e. The molecule has 1 aromatic carbocycles. The molecule has 1 aliphatic heterocycles. The topological polar surface area (TPSA) is 26.3 Å². The van der Waals surface area contributed by atoms with Crippen LogP contribution in [0.3, 0.4) is 0 Å². The van der Waals surface area contributed by atoms with E-state index in [-0.39, 0.29) is 11.4 Å². The second kappa shape index (κ2) is 2.68. The van der Waals surface area contributed by atoms with Crippen LogP contribution in [-0.4, -0.2) is 5.97 Å². The largest absolute Gasteiger partial charge is 0.426 e. The Labute approximate surface area is 94.6 Å². The fourth-order valence-corrected chi connectivity index (χ4v) is 4.10. The lowest BCUT2D eigenvalue weighted by Crippen LogP contribution is -2.54. The Balaban J connectivity index is 1.88. The van der Waals surface area contributed by atoms with E-state index in [0.29, 0.717) is 11.8 Å². The summed E-state index contributed by atoms with van der Waals surface area (Å²) in [4.78, 5) is 12.2. The zero-order chi connectivity index (χ0) is 10.8. The molecule has 82 valence electrons. The minimum atomic E-state index is -0.131. The van der Waals surface area contributed by atoms with Crippen LogP contribution in [0.4, 0.5) is 0 Å². The van der Waals surface area contributed by atoms with Crippen molar-refractivity contribution < 1.29 is 9.53 Å². The number of para-hydroxylation sites is 1. The highest BCUT2D eigenvalue weighted by Gasteiger charge is 2.65. The summed E-state index contributed by atoms with van der Waals surface area (Å²) in [6, 6.07) is 8.04. The van der Waals surface area contributed by atoms with E-state index >= 15 is 0 Å². The van der Waals surface area contributed by atoms with Gasteiger partial charge in [-0.2, -0.15) is 0 Å². The van der Waals surface area contributed by atoms with Crippen LogP contribution in [0.5, 0.6) is 5.75 Å². The fraction of sp³-hybridized carbons (Fsp3) is 0.500. The number of carbonyl (C=O) groups excluding carboxylic acids is 1. The molecule has 4 rings (SSSR count). The number of esters is 1. The van der Waals surface area contributed by atoms with Gasteiger partial charge >= 0.3 is 5.97 Å². The molecule has 1 heterocycles. The number of hydrogen-bond acceptors (Lipinski definition) is 2. The Morgan fingerprint density at radius 3 is 3.06 bits per heavy atom. The van der Waals surface area contributed by atoms with E-state index in [1.807, 2.05) is 18.2 Å². The maximum atomic E-state index is 12.2. The van der Waals surface area contributed by atoms with E-state index in [9.17, 15) is 4.79 Å². The molecule has 0 amide bonds. The van der Waals surface area contributed by atoms with E-state index in [1.54, 1.807) is 0 Å². The van der Waals surface area contributed by atoms with Gasteiger partial charge in [0.25, 0.3) is 0 Å². The summed E-state index contributed by atoms with van der Waals surface area (Å²) in [6.07, 6.45) is 4.63. The molecule has 1 aromatic rings. The number of rotatable bonds is 0. The van der Waals surface area contributed by atoms with Gasteiger partial charge in [-0.05, 0) is 36.8 Å². The first kappa shape index (κ1) is 8.80. The number of carbonyl (C=O) groups is 1. The van der Waals surface area contributed by atoms with Crippen molar-refractivity contribution in [1.29, 1.82) is 0 Å². The van der Waals surface area contributed by atoms with Gasteiger partial charge in [0, 0.05) is 5.92 Å². The third-order valence-corrected chi connectivity index (χ3v) is 4.89. The van der Waals surface area contributed by atoms with Crippen molar-refractivity contribution in [1.82, 2.24) is 0 Å². The van der Waals surface area contributed by atoms with Crippen molar-refractivity contribution in [3.63, 3.8) is 0 Å². The van der Waals surface area contributed by atoms with Gasteiger partial charge in [-0.25, -0.2) is 0 Å². The molecular formula is C14H14O2. The molecule has 16 heavy (non-hydrogen) atoms. The minimum absolute atomic E-state index is 0.0463. The van der Waals surface area contributed by atoms with Crippen LogP contribution in [0.1, 0.15) is 37.2 Å². The summed E-state index contributed by atoms with van der Waals surface area (Å²) >= 11 is 0. The van der Waals surface area contributed by atoms with E-state index in [2.05, 4.69) is 6.07 Å².